The first-order valence-electron chi connectivity index (χ1n) is 6.96. The zero-order chi connectivity index (χ0) is 16.3. The van der Waals surface area contributed by atoms with E-state index in [-0.39, 0.29) is 5.91 Å². The number of rotatable bonds is 4. The lowest BCUT2D eigenvalue weighted by Crippen LogP contribution is -2.32. The molecule has 5 heteroatoms. The van der Waals surface area contributed by atoms with Crippen LogP contribution in [0.5, 0.6) is 0 Å². The van der Waals surface area contributed by atoms with Crippen LogP contribution < -0.4 is 10.6 Å². The molecule has 3 nitrogen and oxygen atoms in total. The Kier molecular flexibility index (Phi) is 5.33. The Morgan fingerprint density at radius 1 is 1.05 bits per heavy atom. The van der Waals surface area contributed by atoms with Crippen LogP contribution in [-0.4, -0.2) is 11.9 Å². The minimum Gasteiger partial charge on any atom is -0.374 e. The number of carbonyl (C=O) groups is 1. The van der Waals surface area contributed by atoms with E-state index in [1.54, 1.807) is 25.1 Å². The number of carbonyl (C=O) groups excluding carboxylic acids is 1. The minimum atomic E-state index is -0.395. The molecule has 2 aromatic rings. The van der Waals surface area contributed by atoms with Gasteiger partial charge in [-0.2, -0.15) is 0 Å². The molecule has 0 heterocycles. The highest BCUT2D eigenvalue weighted by molar-refractivity contribution is 6.36. The Balaban J connectivity index is 2.04. The second kappa shape index (κ2) is 7.03. The summed E-state index contributed by atoms with van der Waals surface area (Å²) in [6.45, 7) is 5.89. The fourth-order valence-electron chi connectivity index (χ4n) is 1.98. The molecule has 116 valence electrons. The number of aryl methyl sites for hydroxylation is 2. The van der Waals surface area contributed by atoms with E-state index in [0.717, 1.165) is 5.69 Å². The van der Waals surface area contributed by atoms with E-state index < -0.39 is 6.04 Å². The molecular weight excluding hydrogens is 319 g/mol. The molecule has 0 aliphatic rings. The van der Waals surface area contributed by atoms with Crippen LogP contribution in [0.15, 0.2) is 36.4 Å². The number of amides is 1. The van der Waals surface area contributed by atoms with Crippen LogP contribution in [0.25, 0.3) is 0 Å². The molecule has 0 aliphatic carbocycles. The summed E-state index contributed by atoms with van der Waals surface area (Å²) in [6, 6.07) is 10.6. The number of nitrogens with one attached hydrogen (secondary N) is 2. The van der Waals surface area contributed by atoms with Gasteiger partial charge in [-0.05, 0) is 62.2 Å². The number of benzene rings is 2. The van der Waals surface area contributed by atoms with E-state index >= 15 is 0 Å². The molecule has 0 bridgehead atoms. The molecule has 1 amide bonds. The highest BCUT2D eigenvalue weighted by Crippen LogP contribution is 2.25. The topological polar surface area (TPSA) is 41.1 Å². The van der Waals surface area contributed by atoms with Crippen LogP contribution >= 0.6 is 23.2 Å². The molecule has 0 aromatic heterocycles. The summed E-state index contributed by atoms with van der Waals surface area (Å²) >= 11 is 11.9. The molecule has 2 N–H and O–H groups in total. The van der Waals surface area contributed by atoms with Crippen LogP contribution in [0, 0.1) is 13.8 Å². The fourth-order valence-corrected chi connectivity index (χ4v) is 2.43. The van der Waals surface area contributed by atoms with Gasteiger partial charge in [-0.3, -0.25) is 4.79 Å². The van der Waals surface area contributed by atoms with Crippen molar-refractivity contribution < 1.29 is 4.79 Å². The molecule has 2 aromatic carbocycles. The van der Waals surface area contributed by atoms with Crippen molar-refractivity contribution in [3.05, 3.63) is 57.6 Å². The SMILES string of the molecule is Cc1ccc(N[C@@H](C)C(=O)Nc2ccc(Cl)cc2Cl)cc1C. The second-order valence-corrected chi connectivity index (χ2v) is 6.12. The van der Waals surface area contributed by atoms with Crippen molar-refractivity contribution in [2.24, 2.45) is 0 Å². The van der Waals surface area contributed by atoms with Crippen LogP contribution in [0.3, 0.4) is 0 Å². The Hall–Kier alpha value is -1.71. The van der Waals surface area contributed by atoms with Gasteiger partial charge >= 0.3 is 0 Å². The number of hydrogen-bond acceptors (Lipinski definition) is 2. The smallest absolute Gasteiger partial charge is 0.246 e. The summed E-state index contributed by atoms with van der Waals surface area (Å²) in [6.07, 6.45) is 0. The quantitative estimate of drug-likeness (QED) is 0.820. The zero-order valence-corrected chi connectivity index (χ0v) is 14.2. The molecule has 0 saturated heterocycles. The van der Waals surface area contributed by atoms with Gasteiger partial charge in [0, 0.05) is 10.7 Å². The predicted molar refractivity (Wildman–Crippen MR) is 94.1 cm³/mol. The first kappa shape index (κ1) is 16.7. The summed E-state index contributed by atoms with van der Waals surface area (Å²) in [7, 11) is 0. The fraction of sp³-hybridized carbons (Fsp3) is 0.235. The van der Waals surface area contributed by atoms with Gasteiger partial charge in [-0.1, -0.05) is 29.3 Å². The molecular formula is C17H18Cl2N2O. The van der Waals surface area contributed by atoms with Crippen LogP contribution in [0.4, 0.5) is 11.4 Å². The number of anilines is 2. The molecule has 0 fully saturated rings. The maximum atomic E-state index is 12.2. The first-order chi connectivity index (χ1) is 10.4. The monoisotopic (exact) mass is 336 g/mol. The second-order valence-electron chi connectivity index (χ2n) is 5.28. The summed E-state index contributed by atoms with van der Waals surface area (Å²) in [5.41, 5.74) is 3.85. The van der Waals surface area contributed by atoms with E-state index in [9.17, 15) is 4.79 Å². The zero-order valence-electron chi connectivity index (χ0n) is 12.7. The maximum absolute atomic E-state index is 12.2. The van der Waals surface area contributed by atoms with Gasteiger partial charge < -0.3 is 10.6 Å². The Labute approximate surface area is 140 Å². The Morgan fingerprint density at radius 3 is 2.41 bits per heavy atom. The van der Waals surface area contributed by atoms with E-state index in [0.29, 0.717) is 15.7 Å². The summed E-state index contributed by atoms with van der Waals surface area (Å²) in [4.78, 5) is 12.2. The van der Waals surface area contributed by atoms with Gasteiger partial charge in [-0.15, -0.1) is 0 Å². The van der Waals surface area contributed by atoms with Crippen LogP contribution in [0.1, 0.15) is 18.1 Å². The van der Waals surface area contributed by atoms with Gasteiger partial charge in [0.1, 0.15) is 6.04 Å². The predicted octanol–water partition coefficient (Wildman–Crippen LogP) is 5.05. The largest absolute Gasteiger partial charge is 0.374 e. The summed E-state index contributed by atoms with van der Waals surface area (Å²) in [5, 5.41) is 6.92. The Bertz CT molecular complexity index is 701. The first-order valence-corrected chi connectivity index (χ1v) is 7.72. The van der Waals surface area contributed by atoms with E-state index in [2.05, 4.69) is 17.6 Å². The van der Waals surface area contributed by atoms with Gasteiger partial charge in [0.05, 0.1) is 10.7 Å². The standard InChI is InChI=1S/C17H18Cl2N2O/c1-10-4-6-14(8-11(10)2)20-12(3)17(22)21-16-7-5-13(18)9-15(16)19/h4-9,12,20H,1-3H3,(H,21,22)/t12-/m0/s1. The molecule has 0 radical (unpaired) electrons. The Morgan fingerprint density at radius 2 is 1.77 bits per heavy atom. The van der Waals surface area contributed by atoms with Crippen molar-refractivity contribution in [2.45, 2.75) is 26.8 Å². The molecule has 22 heavy (non-hydrogen) atoms. The van der Waals surface area contributed by atoms with Gasteiger partial charge in [0.2, 0.25) is 5.91 Å². The third kappa shape index (κ3) is 4.15. The lowest BCUT2D eigenvalue weighted by atomic mass is 10.1. The van der Waals surface area contributed by atoms with Crippen molar-refractivity contribution in [1.29, 1.82) is 0 Å². The van der Waals surface area contributed by atoms with Gasteiger partial charge in [-0.25, -0.2) is 0 Å². The van der Waals surface area contributed by atoms with Crippen molar-refractivity contribution in [2.75, 3.05) is 10.6 Å². The molecule has 0 saturated carbocycles. The lowest BCUT2D eigenvalue weighted by molar-refractivity contribution is -0.116. The van der Waals surface area contributed by atoms with Crippen LogP contribution in [-0.2, 0) is 4.79 Å². The van der Waals surface area contributed by atoms with Crippen molar-refractivity contribution in [3.63, 3.8) is 0 Å². The number of halogens is 2. The highest BCUT2D eigenvalue weighted by Gasteiger charge is 2.14. The molecule has 0 aliphatic heterocycles. The van der Waals surface area contributed by atoms with E-state index in [1.807, 2.05) is 25.1 Å². The summed E-state index contributed by atoms with van der Waals surface area (Å²) in [5.74, 6) is -0.164. The average molecular weight is 337 g/mol. The van der Waals surface area contributed by atoms with Crippen LogP contribution in [0.2, 0.25) is 10.0 Å². The maximum Gasteiger partial charge on any atom is 0.246 e. The normalized spacial score (nSPS) is 11.9. The third-order valence-corrected chi connectivity index (χ3v) is 4.02. The van der Waals surface area contributed by atoms with Gasteiger partial charge in [0.25, 0.3) is 0 Å². The highest BCUT2D eigenvalue weighted by atomic mass is 35.5. The van der Waals surface area contributed by atoms with Crippen molar-refractivity contribution >= 4 is 40.5 Å². The summed E-state index contributed by atoms with van der Waals surface area (Å²) < 4.78 is 0. The van der Waals surface area contributed by atoms with Crippen molar-refractivity contribution in [3.8, 4) is 0 Å². The number of hydrogen-bond donors (Lipinski definition) is 2. The third-order valence-electron chi connectivity index (χ3n) is 3.47. The van der Waals surface area contributed by atoms with E-state index in [1.165, 1.54) is 11.1 Å². The minimum absolute atomic E-state index is 0.164. The van der Waals surface area contributed by atoms with Gasteiger partial charge in [0.15, 0.2) is 0 Å². The molecule has 1 atom stereocenters. The lowest BCUT2D eigenvalue weighted by Gasteiger charge is -2.16. The molecule has 2 rings (SSSR count). The molecule has 0 unspecified atom stereocenters. The van der Waals surface area contributed by atoms with Crippen molar-refractivity contribution in [1.82, 2.24) is 0 Å². The van der Waals surface area contributed by atoms with E-state index in [4.69, 9.17) is 23.2 Å². The average Bonchev–Trinajstić information content (AvgIpc) is 2.45. The molecule has 0 spiro atoms.